The van der Waals surface area contributed by atoms with E-state index in [0.717, 1.165) is 6.42 Å². The van der Waals surface area contributed by atoms with Gasteiger partial charge in [0.1, 0.15) is 0 Å². The van der Waals surface area contributed by atoms with Gasteiger partial charge in [-0.25, -0.2) is 0 Å². The van der Waals surface area contributed by atoms with Crippen molar-refractivity contribution >= 4 is 5.91 Å². The first kappa shape index (κ1) is 14.1. The second-order valence-corrected chi connectivity index (χ2v) is 6.86. The van der Waals surface area contributed by atoms with Crippen molar-refractivity contribution < 1.29 is 4.79 Å². The molecule has 0 saturated carbocycles. The van der Waals surface area contributed by atoms with Crippen molar-refractivity contribution in [1.29, 1.82) is 0 Å². The van der Waals surface area contributed by atoms with Gasteiger partial charge < -0.3 is 11.1 Å². The lowest BCUT2D eigenvalue weighted by molar-refractivity contribution is -0.125. The third kappa shape index (κ3) is 2.66. The highest BCUT2D eigenvalue weighted by Crippen LogP contribution is 2.44. The molecule has 3 nitrogen and oxygen atoms in total. The van der Waals surface area contributed by atoms with Gasteiger partial charge in [0.25, 0.3) is 0 Å². The Labute approximate surface area is 115 Å². The van der Waals surface area contributed by atoms with Crippen LogP contribution in [0.2, 0.25) is 0 Å². The van der Waals surface area contributed by atoms with Crippen molar-refractivity contribution in [2.45, 2.75) is 45.6 Å². The van der Waals surface area contributed by atoms with Crippen LogP contribution >= 0.6 is 0 Å². The Morgan fingerprint density at radius 3 is 2.68 bits per heavy atom. The van der Waals surface area contributed by atoms with E-state index in [9.17, 15) is 4.79 Å². The van der Waals surface area contributed by atoms with Crippen LogP contribution in [-0.4, -0.2) is 12.5 Å². The predicted octanol–water partition coefficient (Wildman–Crippen LogP) is 2.51. The van der Waals surface area contributed by atoms with E-state index in [2.05, 4.69) is 43.4 Å². The summed E-state index contributed by atoms with van der Waals surface area (Å²) >= 11 is 0. The summed E-state index contributed by atoms with van der Waals surface area (Å²) in [5.41, 5.74) is 7.86. The molecule has 1 amide bonds. The minimum atomic E-state index is -0.512. The van der Waals surface area contributed by atoms with E-state index in [1.54, 1.807) is 0 Å². The molecule has 0 unspecified atom stereocenters. The van der Waals surface area contributed by atoms with Crippen LogP contribution in [-0.2, 0) is 10.2 Å². The first-order valence-corrected chi connectivity index (χ1v) is 6.87. The molecule has 0 bridgehead atoms. The molecule has 104 valence electrons. The zero-order chi connectivity index (χ0) is 14.3. The monoisotopic (exact) mass is 260 g/mol. The maximum atomic E-state index is 11.4. The zero-order valence-corrected chi connectivity index (χ0v) is 12.3. The summed E-state index contributed by atoms with van der Waals surface area (Å²) in [4.78, 5) is 11.4. The molecule has 2 rings (SSSR count). The van der Waals surface area contributed by atoms with Gasteiger partial charge in [-0.15, -0.1) is 0 Å². The molecule has 0 spiro atoms. The molecule has 1 aromatic rings. The van der Waals surface area contributed by atoms with Crippen molar-refractivity contribution in [2.75, 3.05) is 6.54 Å². The summed E-state index contributed by atoms with van der Waals surface area (Å²) in [6.45, 7) is 8.92. The fourth-order valence-corrected chi connectivity index (χ4v) is 2.80. The van der Waals surface area contributed by atoms with Gasteiger partial charge in [0.15, 0.2) is 0 Å². The van der Waals surface area contributed by atoms with Crippen LogP contribution in [0.15, 0.2) is 24.3 Å². The number of carbonyl (C=O) groups excluding carboxylic acids is 1. The standard InChI is InChI=1S/C16H24N2O/c1-15(2)9-13(11-7-5-6-8-12(11)15)18-10-16(3,4)14(17)19/h5-8,13,18H,9-10H2,1-4H3,(H2,17,19)/t13-/m0/s1. The molecule has 3 heteroatoms. The molecule has 0 fully saturated rings. The SMILES string of the molecule is CC(C)(CN[C@H]1CC(C)(C)c2ccccc21)C(N)=O. The molecule has 1 aliphatic carbocycles. The van der Waals surface area contributed by atoms with E-state index >= 15 is 0 Å². The number of benzene rings is 1. The molecule has 0 aromatic heterocycles. The first-order valence-electron chi connectivity index (χ1n) is 6.87. The summed E-state index contributed by atoms with van der Waals surface area (Å²) in [7, 11) is 0. The molecule has 1 aliphatic rings. The summed E-state index contributed by atoms with van der Waals surface area (Å²) in [6, 6.07) is 8.87. The molecule has 0 aliphatic heterocycles. The van der Waals surface area contributed by atoms with Crippen molar-refractivity contribution in [2.24, 2.45) is 11.1 Å². The fraction of sp³-hybridized carbons (Fsp3) is 0.562. The zero-order valence-electron chi connectivity index (χ0n) is 12.3. The average molecular weight is 260 g/mol. The number of hydrogen-bond donors (Lipinski definition) is 2. The Bertz CT molecular complexity index is 491. The minimum absolute atomic E-state index is 0.186. The quantitative estimate of drug-likeness (QED) is 0.874. The van der Waals surface area contributed by atoms with Crippen LogP contribution in [0.3, 0.4) is 0 Å². The van der Waals surface area contributed by atoms with E-state index in [-0.39, 0.29) is 11.3 Å². The predicted molar refractivity (Wildman–Crippen MR) is 77.8 cm³/mol. The lowest BCUT2D eigenvalue weighted by Crippen LogP contribution is -2.41. The van der Waals surface area contributed by atoms with Crippen LogP contribution in [0.1, 0.15) is 51.3 Å². The van der Waals surface area contributed by atoms with Crippen LogP contribution in [0, 0.1) is 5.41 Å². The molecule has 0 heterocycles. The van der Waals surface area contributed by atoms with Gasteiger partial charge in [-0.1, -0.05) is 38.1 Å². The van der Waals surface area contributed by atoms with E-state index in [0.29, 0.717) is 12.6 Å². The highest BCUT2D eigenvalue weighted by molar-refractivity contribution is 5.80. The van der Waals surface area contributed by atoms with E-state index in [4.69, 9.17) is 5.73 Å². The van der Waals surface area contributed by atoms with Gasteiger partial charge >= 0.3 is 0 Å². The molecule has 19 heavy (non-hydrogen) atoms. The third-order valence-corrected chi connectivity index (χ3v) is 4.24. The molecule has 0 radical (unpaired) electrons. The number of nitrogens with one attached hydrogen (secondary N) is 1. The number of fused-ring (bicyclic) bond motifs is 1. The Morgan fingerprint density at radius 1 is 1.42 bits per heavy atom. The topological polar surface area (TPSA) is 55.1 Å². The fourth-order valence-electron chi connectivity index (χ4n) is 2.80. The van der Waals surface area contributed by atoms with Gasteiger partial charge in [-0.05, 0) is 36.8 Å². The second-order valence-electron chi connectivity index (χ2n) is 6.86. The maximum Gasteiger partial charge on any atom is 0.224 e. The average Bonchev–Trinajstić information content (AvgIpc) is 2.59. The molecular formula is C16H24N2O. The second kappa shape index (κ2) is 4.64. The van der Waals surface area contributed by atoms with Gasteiger partial charge in [-0.2, -0.15) is 0 Å². The summed E-state index contributed by atoms with van der Waals surface area (Å²) in [6.07, 6.45) is 1.06. The van der Waals surface area contributed by atoms with E-state index < -0.39 is 5.41 Å². The van der Waals surface area contributed by atoms with Crippen LogP contribution in [0.4, 0.5) is 0 Å². The molecule has 1 aromatic carbocycles. The molecule has 0 saturated heterocycles. The van der Waals surface area contributed by atoms with Gasteiger partial charge in [-0.3, -0.25) is 4.79 Å². The van der Waals surface area contributed by atoms with Crippen molar-refractivity contribution in [3.05, 3.63) is 35.4 Å². The summed E-state index contributed by atoms with van der Waals surface area (Å²) < 4.78 is 0. The number of nitrogens with two attached hydrogens (primary N) is 1. The Morgan fingerprint density at radius 2 is 2.05 bits per heavy atom. The summed E-state index contributed by atoms with van der Waals surface area (Å²) in [5, 5.41) is 3.51. The first-order chi connectivity index (χ1) is 8.74. The largest absolute Gasteiger partial charge is 0.369 e. The van der Waals surface area contributed by atoms with Gasteiger partial charge in [0.05, 0.1) is 5.41 Å². The molecule has 1 atom stereocenters. The Balaban J connectivity index is 2.15. The number of hydrogen-bond acceptors (Lipinski definition) is 2. The van der Waals surface area contributed by atoms with Crippen molar-refractivity contribution in [3.8, 4) is 0 Å². The highest BCUT2D eigenvalue weighted by atomic mass is 16.1. The normalized spacial score (nSPS) is 21.2. The van der Waals surface area contributed by atoms with Gasteiger partial charge in [0, 0.05) is 12.6 Å². The van der Waals surface area contributed by atoms with Crippen LogP contribution in [0.25, 0.3) is 0 Å². The Hall–Kier alpha value is -1.35. The van der Waals surface area contributed by atoms with E-state index in [1.807, 2.05) is 13.8 Å². The third-order valence-electron chi connectivity index (χ3n) is 4.24. The number of amides is 1. The molecular weight excluding hydrogens is 236 g/mol. The van der Waals surface area contributed by atoms with Crippen molar-refractivity contribution in [1.82, 2.24) is 5.32 Å². The highest BCUT2D eigenvalue weighted by Gasteiger charge is 2.37. The summed E-state index contributed by atoms with van der Waals surface area (Å²) in [5.74, 6) is -0.259. The Kier molecular flexibility index (Phi) is 3.43. The smallest absolute Gasteiger partial charge is 0.224 e. The van der Waals surface area contributed by atoms with E-state index in [1.165, 1.54) is 11.1 Å². The lowest BCUT2D eigenvalue weighted by Gasteiger charge is -2.25. The maximum absolute atomic E-state index is 11.4. The van der Waals surface area contributed by atoms with Crippen LogP contribution < -0.4 is 11.1 Å². The number of carbonyl (C=O) groups is 1. The van der Waals surface area contributed by atoms with Gasteiger partial charge in [0.2, 0.25) is 5.91 Å². The van der Waals surface area contributed by atoms with Crippen LogP contribution in [0.5, 0.6) is 0 Å². The minimum Gasteiger partial charge on any atom is -0.369 e. The van der Waals surface area contributed by atoms with Crippen molar-refractivity contribution in [3.63, 3.8) is 0 Å². The lowest BCUT2D eigenvalue weighted by atomic mass is 9.86. The molecule has 3 N–H and O–H groups in total. The number of rotatable bonds is 4. The number of primary amides is 1.